The standard InChI is InChI=1S/C14H11ClFNO2/c1-8-5-6-9(7-12(8)18)17-14(19)10-3-2-4-11(15)13(10)16/h2-7,18H,1H3,(H,17,19). The van der Waals surface area contributed by atoms with Crippen molar-refractivity contribution in [2.45, 2.75) is 6.92 Å². The molecule has 5 heteroatoms. The monoisotopic (exact) mass is 279 g/mol. The van der Waals surface area contributed by atoms with Crippen LogP contribution in [-0.2, 0) is 0 Å². The molecule has 0 saturated carbocycles. The van der Waals surface area contributed by atoms with Crippen molar-refractivity contribution in [2.24, 2.45) is 0 Å². The van der Waals surface area contributed by atoms with E-state index in [1.54, 1.807) is 19.1 Å². The number of anilines is 1. The van der Waals surface area contributed by atoms with Gasteiger partial charge in [0.15, 0.2) is 5.82 Å². The van der Waals surface area contributed by atoms with Gasteiger partial charge in [0.25, 0.3) is 5.91 Å². The molecule has 0 bridgehead atoms. The van der Waals surface area contributed by atoms with Gasteiger partial charge in [0.1, 0.15) is 5.75 Å². The number of rotatable bonds is 2. The van der Waals surface area contributed by atoms with Crippen molar-refractivity contribution in [3.05, 3.63) is 58.4 Å². The Morgan fingerprint density at radius 2 is 2.05 bits per heavy atom. The maximum Gasteiger partial charge on any atom is 0.258 e. The Kier molecular flexibility index (Phi) is 3.71. The van der Waals surface area contributed by atoms with Crippen LogP contribution < -0.4 is 5.32 Å². The van der Waals surface area contributed by atoms with Gasteiger partial charge >= 0.3 is 0 Å². The molecule has 0 saturated heterocycles. The summed E-state index contributed by atoms with van der Waals surface area (Å²) in [6.07, 6.45) is 0. The van der Waals surface area contributed by atoms with E-state index in [9.17, 15) is 14.3 Å². The quantitative estimate of drug-likeness (QED) is 0.880. The highest BCUT2D eigenvalue weighted by atomic mass is 35.5. The molecule has 0 unspecified atom stereocenters. The first-order chi connectivity index (χ1) is 8.99. The minimum atomic E-state index is -0.766. The molecule has 0 heterocycles. The Balaban J connectivity index is 2.26. The zero-order valence-electron chi connectivity index (χ0n) is 10.1. The second kappa shape index (κ2) is 5.28. The lowest BCUT2D eigenvalue weighted by Crippen LogP contribution is -2.13. The fraction of sp³-hybridized carbons (Fsp3) is 0.0714. The molecule has 0 radical (unpaired) electrons. The molecule has 0 aliphatic carbocycles. The first kappa shape index (κ1) is 13.4. The Morgan fingerprint density at radius 3 is 2.74 bits per heavy atom. The number of amides is 1. The minimum absolute atomic E-state index is 0.0596. The number of carbonyl (C=O) groups is 1. The van der Waals surface area contributed by atoms with Gasteiger partial charge in [-0.1, -0.05) is 23.7 Å². The number of phenols is 1. The molecule has 98 valence electrons. The van der Waals surface area contributed by atoms with E-state index in [0.29, 0.717) is 11.3 Å². The minimum Gasteiger partial charge on any atom is -0.508 e. The Bertz CT molecular complexity index is 643. The van der Waals surface area contributed by atoms with Crippen LogP contribution in [0, 0.1) is 12.7 Å². The molecule has 0 spiro atoms. The third kappa shape index (κ3) is 2.85. The number of benzene rings is 2. The van der Waals surface area contributed by atoms with E-state index < -0.39 is 11.7 Å². The lowest BCUT2D eigenvalue weighted by atomic mass is 10.1. The summed E-state index contributed by atoms with van der Waals surface area (Å²) in [6.45, 7) is 1.73. The van der Waals surface area contributed by atoms with Gasteiger partial charge in [-0.2, -0.15) is 0 Å². The normalized spacial score (nSPS) is 10.3. The van der Waals surface area contributed by atoms with Crippen LogP contribution in [-0.4, -0.2) is 11.0 Å². The van der Waals surface area contributed by atoms with Crippen molar-refractivity contribution in [2.75, 3.05) is 5.32 Å². The van der Waals surface area contributed by atoms with Crippen molar-refractivity contribution in [3.8, 4) is 5.75 Å². The summed E-state index contributed by atoms with van der Waals surface area (Å²) in [5, 5.41) is 11.9. The highest BCUT2D eigenvalue weighted by Gasteiger charge is 2.14. The van der Waals surface area contributed by atoms with Crippen LogP contribution in [0.3, 0.4) is 0 Å². The Hall–Kier alpha value is -2.07. The van der Waals surface area contributed by atoms with Gasteiger partial charge in [-0.15, -0.1) is 0 Å². The maximum absolute atomic E-state index is 13.7. The lowest BCUT2D eigenvalue weighted by molar-refractivity contribution is 0.102. The Morgan fingerprint density at radius 1 is 1.32 bits per heavy atom. The van der Waals surface area contributed by atoms with Crippen LogP contribution in [0.4, 0.5) is 10.1 Å². The van der Waals surface area contributed by atoms with Gasteiger partial charge in [0, 0.05) is 11.8 Å². The third-order valence-electron chi connectivity index (χ3n) is 2.66. The molecule has 2 aromatic rings. The van der Waals surface area contributed by atoms with Crippen molar-refractivity contribution < 1.29 is 14.3 Å². The highest BCUT2D eigenvalue weighted by molar-refractivity contribution is 6.31. The number of hydrogen-bond donors (Lipinski definition) is 2. The van der Waals surface area contributed by atoms with Crippen molar-refractivity contribution in [1.29, 1.82) is 0 Å². The van der Waals surface area contributed by atoms with Gasteiger partial charge in [-0.25, -0.2) is 4.39 Å². The summed E-state index contributed by atoms with van der Waals surface area (Å²) in [5.74, 6) is -1.33. The smallest absolute Gasteiger partial charge is 0.258 e. The number of aromatic hydroxyl groups is 1. The number of phenolic OH excluding ortho intramolecular Hbond substituents is 1. The molecule has 1 amide bonds. The SMILES string of the molecule is Cc1ccc(NC(=O)c2cccc(Cl)c2F)cc1O. The lowest BCUT2D eigenvalue weighted by Gasteiger charge is -2.08. The van der Waals surface area contributed by atoms with E-state index in [1.807, 2.05) is 0 Å². The number of carbonyl (C=O) groups excluding carboxylic acids is 1. The first-order valence-corrected chi connectivity index (χ1v) is 5.92. The molecule has 2 aromatic carbocycles. The summed E-state index contributed by atoms with van der Waals surface area (Å²) in [5.41, 5.74) is 0.923. The fourth-order valence-electron chi connectivity index (χ4n) is 1.56. The summed E-state index contributed by atoms with van der Waals surface area (Å²) in [7, 11) is 0. The second-order valence-corrected chi connectivity index (χ2v) is 4.46. The van der Waals surface area contributed by atoms with Gasteiger partial charge in [-0.3, -0.25) is 4.79 Å². The van der Waals surface area contributed by atoms with E-state index in [0.717, 1.165) is 0 Å². The van der Waals surface area contributed by atoms with E-state index in [1.165, 1.54) is 24.3 Å². The molecular formula is C14H11ClFNO2. The predicted octanol–water partition coefficient (Wildman–Crippen LogP) is 3.75. The van der Waals surface area contributed by atoms with E-state index in [4.69, 9.17) is 11.6 Å². The molecule has 0 fully saturated rings. The van der Waals surface area contributed by atoms with Gasteiger partial charge in [0.2, 0.25) is 0 Å². The number of hydrogen-bond acceptors (Lipinski definition) is 2. The molecule has 2 rings (SSSR count). The molecule has 0 aromatic heterocycles. The number of halogens is 2. The average Bonchev–Trinajstić information content (AvgIpc) is 2.37. The molecule has 0 aliphatic rings. The van der Waals surface area contributed by atoms with Gasteiger partial charge < -0.3 is 10.4 Å². The summed E-state index contributed by atoms with van der Waals surface area (Å²) in [6, 6.07) is 8.87. The Labute approximate surface area is 114 Å². The van der Waals surface area contributed by atoms with Crippen LogP contribution in [0.1, 0.15) is 15.9 Å². The molecule has 3 nitrogen and oxygen atoms in total. The molecule has 2 N–H and O–H groups in total. The van der Waals surface area contributed by atoms with Crippen LogP contribution in [0.5, 0.6) is 5.75 Å². The van der Waals surface area contributed by atoms with E-state index >= 15 is 0 Å². The van der Waals surface area contributed by atoms with Gasteiger partial charge in [-0.05, 0) is 30.7 Å². The van der Waals surface area contributed by atoms with E-state index in [-0.39, 0.29) is 16.3 Å². The predicted molar refractivity (Wildman–Crippen MR) is 72.2 cm³/mol. The first-order valence-electron chi connectivity index (χ1n) is 5.54. The largest absolute Gasteiger partial charge is 0.508 e. The van der Waals surface area contributed by atoms with Gasteiger partial charge in [0.05, 0.1) is 10.6 Å². The molecule has 0 atom stereocenters. The average molecular weight is 280 g/mol. The van der Waals surface area contributed by atoms with Crippen molar-refractivity contribution >= 4 is 23.2 Å². The van der Waals surface area contributed by atoms with Crippen molar-refractivity contribution in [3.63, 3.8) is 0 Å². The molecular weight excluding hydrogens is 269 g/mol. The van der Waals surface area contributed by atoms with E-state index in [2.05, 4.69) is 5.32 Å². The summed E-state index contributed by atoms with van der Waals surface area (Å²) < 4.78 is 13.7. The van der Waals surface area contributed by atoms with Crippen molar-refractivity contribution in [1.82, 2.24) is 0 Å². The second-order valence-electron chi connectivity index (χ2n) is 4.06. The zero-order valence-corrected chi connectivity index (χ0v) is 10.8. The topological polar surface area (TPSA) is 49.3 Å². The maximum atomic E-state index is 13.7. The summed E-state index contributed by atoms with van der Waals surface area (Å²) in [4.78, 5) is 11.9. The van der Waals surface area contributed by atoms with Crippen LogP contribution in [0.25, 0.3) is 0 Å². The number of aryl methyl sites for hydroxylation is 1. The van der Waals surface area contributed by atoms with Crippen LogP contribution >= 0.6 is 11.6 Å². The number of nitrogens with one attached hydrogen (secondary N) is 1. The fourth-order valence-corrected chi connectivity index (χ4v) is 1.74. The molecule has 0 aliphatic heterocycles. The molecule has 19 heavy (non-hydrogen) atoms. The summed E-state index contributed by atoms with van der Waals surface area (Å²) >= 11 is 5.61. The van der Waals surface area contributed by atoms with Crippen LogP contribution in [0.15, 0.2) is 36.4 Å². The van der Waals surface area contributed by atoms with Crippen LogP contribution in [0.2, 0.25) is 5.02 Å². The third-order valence-corrected chi connectivity index (χ3v) is 2.96. The highest BCUT2D eigenvalue weighted by Crippen LogP contribution is 2.23. The zero-order chi connectivity index (χ0) is 14.0.